The van der Waals surface area contributed by atoms with Crippen molar-refractivity contribution in [3.05, 3.63) is 34.9 Å². The fraction of sp³-hybridized carbons (Fsp3) is 0.500. The van der Waals surface area contributed by atoms with E-state index in [9.17, 15) is 4.79 Å². The molecule has 2 heterocycles. The molecule has 2 aliphatic heterocycles. The molecule has 1 aromatic carbocycles. The Labute approximate surface area is 106 Å². The summed E-state index contributed by atoms with van der Waals surface area (Å²) in [5, 5.41) is 4.21. The third-order valence-corrected chi connectivity index (χ3v) is 4.19. The Balaban J connectivity index is 1.78. The summed E-state index contributed by atoms with van der Waals surface area (Å²) in [6.45, 7) is 0. The first kappa shape index (κ1) is 11.2. The number of rotatable bonds is 2. The van der Waals surface area contributed by atoms with Crippen LogP contribution in [0.3, 0.4) is 0 Å². The van der Waals surface area contributed by atoms with Crippen LogP contribution < -0.4 is 5.32 Å². The first-order valence-corrected chi connectivity index (χ1v) is 6.66. The predicted molar refractivity (Wildman–Crippen MR) is 68.5 cm³/mol. The highest BCUT2D eigenvalue weighted by atomic mass is 35.5. The van der Waals surface area contributed by atoms with E-state index in [0.717, 1.165) is 18.4 Å². The van der Waals surface area contributed by atoms with Gasteiger partial charge in [-0.1, -0.05) is 23.7 Å². The van der Waals surface area contributed by atoms with Crippen LogP contribution in [0.2, 0.25) is 5.02 Å². The number of hydrogen-bond donors (Lipinski definition) is 1. The van der Waals surface area contributed by atoms with Crippen LogP contribution in [0.1, 0.15) is 36.0 Å². The highest BCUT2D eigenvalue weighted by Crippen LogP contribution is 2.33. The number of ketones is 1. The molecule has 1 N–H and O–H groups in total. The van der Waals surface area contributed by atoms with Crippen LogP contribution in [0.5, 0.6) is 0 Å². The summed E-state index contributed by atoms with van der Waals surface area (Å²) in [7, 11) is 0. The van der Waals surface area contributed by atoms with Crippen LogP contribution in [-0.2, 0) is 0 Å². The van der Waals surface area contributed by atoms with Crippen molar-refractivity contribution < 1.29 is 4.79 Å². The predicted octanol–water partition coefficient (Wildman–Crippen LogP) is 3.05. The average molecular weight is 250 g/mol. The van der Waals surface area contributed by atoms with Crippen LogP contribution in [-0.4, -0.2) is 17.9 Å². The minimum absolute atomic E-state index is 0.187. The second kappa shape index (κ2) is 4.43. The van der Waals surface area contributed by atoms with Crippen molar-refractivity contribution >= 4 is 17.4 Å². The topological polar surface area (TPSA) is 29.1 Å². The number of nitrogens with one attached hydrogen (secondary N) is 1. The van der Waals surface area contributed by atoms with Crippen LogP contribution in [0.25, 0.3) is 0 Å². The van der Waals surface area contributed by atoms with E-state index in [0.29, 0.717) is 17.1 Å². The molecule has 2 fully saturated rings. The Morgan fingerprint density at radius 3 is 2.59 bits per heavy atom. The number of fused-ring (bicyclic) bond motifs is 2. The Bertz CT molecular complexity index is 434. The number of Topliss-reactive ketones (excluding diaryl/α,β-unsaturated/α-hetero) is 1. The highest BCUT2D eigenvalue weighted by Gasteiger charge is 2.36. The second-order valence-electron chi connectivity index (χ2n) is 5.18. The van der Waals surface area contributed by atoms with E-state index >= 15 is 0 Å². The van der Waals surface area contributed by atoms with Gasteiger partial charge in [-0.3, -0.25) is 4.79 Å². The number of halogens is 1. The zero-order chi connectivity index (χ0) is 11.8. The molecular weight excluding hydrogens is 234 g/mol. The molecule has 2 bridgehead atoms. The number of carbonyl (C=O) groups is 1. The van der Waals surface area contributed by atoms with Crippen molar-refractivity contribution in [1.29, 1.82) is 0 Å². The van der Waals surface area contributed by atoms with Crippen LogP contribution in [0, 0.1) is 5.92 Å². The van der Waals surface area contributed by atoms with Gasteiger partial charge in [-0.2, -0.15) is 0 Å². The Morgan fingerprint density at radius 2 is 1.94 bits per heavy atom. The van der Waals surface area contributed by atoms with E-state index in [1.165, 1.54) is 12.8 Å². The Hall–Kier alpha value is -0.860. The molecule has 2 aliphatic rings. The van der Waals surface area contributed by atoms with Gasteiger partial charge in [0.2, 0.25) is 0 Å². The Morgan fingerprint density at radius 1 is 1.24 bits per heavy atom. The van der Waals surface area contributed by atoms with E-state index in [4.69, 9.17) is 11.6 Å². The van der Waals surface area contributed by atoms with Crippen molar-refractivity contribution in [2.24, 2.45) is 5.92 Å². The molecule has 17 heavy (non-hydrogen) atoms. The minimum Gasteiger partial charge on any atom is -0.311 e. The van der Waals surface area contributed by atoms with Crippen molar-refractivity contribution in [1.82, 2.24) is 5.32 Å². The van der Waals surface area contributed by atoms with Gasteiger partial charge in [0.05, 0.1) is 0 Å². The normalized spacial score (nSPS) is 31.5. The molecule has 2 saturated heterocycles. The van der Waals surface area contributed by atoms with Gasteiger partial charge in [0.15, 0.2) is 5.78 Å². The zero-order valence-corrected chi connectivity index (χ0v) is 10.4. The lowest BCUT2D eigenvalue weighted by atomic mass is 9.86. The largest absolute Gasteiger partial charge is 0.311 e. The molecule has 0 radical (unpaired) electrons. The fourth-order valence-corrected chi connectivity index (χ4v) is 3.34. The van der Waals surface area contributed by atoms with Crippen LogP contribution >= 0.6 is 11.6 Å². The summed E-state index contributed by atoms with van der Waals surface area (Å²) in [5.41, 5.74) is 0.767. The number of piperidine rings is 1. The first-order valence-electron chi connectivity index (χ1n) is 6.28. The summed E-state index contributed by atoms with van der Waals surface area (Å²) < 4.78 is 0. The van der Waals surface area contributed by atoms with Gasteiger partial charge in [-0.15, -0.1) is 0 Å². The van der Waals surface area contributed by atoms with Gasteiger partial charge in [0, 0.05) is 28.6 Å². The molecule has 0 amide bonds. The molecule has 2 unspecified atom stereocenters. The third-order valence-electron chi connectivity index (χ3n) is 3.95. The summed E-state index contributed by atoms with van der Waals surface area (Å²) in [4.78, 5) is 12.4. The minimum atomic E-state index is 0.187. The molecule has 0 aliphatic carbocycles. The Kier molecular flexibility index (Phi) is 2.93. The van der Waals surface area contributed by atoms with E-state index < -0.39 is 0 Å². The van der Waals surface area contributed by atoms with Crippen molar-refractivity contribution in [3.8, 4) is 0 Å². The zero-order valence-electron chi connectivity index (χ0n) is 9.66. The monoisotopic (exact) mass is 249 g/mol. The van der Waals surface area contributed by atoms with E-state index in [2.05, 4.69) is 5.32 Å². The fourth-order valence-electron chi connectivity index (χ4n) is 3.15. The SMILES string of the molecule is O=C(c1cccc(Cl)c1)C1CC2CCC(C1)N2. The van der Waals surface area contributed by atoms with Crippen LogP contribution in [0.15, 0.2) is 24.3 Å². The molecule has 2 atom stereocenters. The maximum absolute atomic E-state index is 12.4. The summed E-state index contributed by atoms with van der Waals surface area (Å²) >= 11 is 5.93. The molecule has 0 spiro atoms. The van der Waals surface area contributed by atoms with Gasteiger partial charge in [-0.25, -0.2) is 0 Å². The third kappa shape index (κ3) is 2.24. The van der Waals surface area contributed by atoms with Gasteiger partial charge < -0.3 is 5.32 Å². The lowest BCUT2D eigenvalue weighted by Crippen LogP contribution is -2.40. The highest BCUT2D eigenvalue weighted by molar-refractivity contribution is 6.31. The molecule has 2 nitrogen and oxygen atoms in total. The molecule has 3 rings (SSSR count). The lowest BCUT2D eigenvalue weighted by molar-refractivity contribution is 0.0875. The van der Waals surface area contributed by atoms with Crippen molar-refractivity contribution in [2.45, 2.75) is 37.8 Å². The number of benzene rings is 1. The smallest absolute Gasteiger partial charge is 0.166 e. The molecule has 1 aromatic rings. The average Bonchev–Trinajstić information content (AvgIpc) is 2.67. The standard InChI is InChI=1S/C14H16ClNO/c15-11-3-1-2-9(6-11)14(17)10-7-12-4-5-13(8-10)16-12/h1-3,6,10,12-13,16H,4-5,7-8H2. The molecule has 0 aromatic heterocycles. The quantitative estimate of drug-likeness (QED) is 0.817. The first-order chi connectivity index (χ1) is 8.22. The maximum atomic E-state index is 12.4. The van der Waals surface area contributed by atoms with Gasteiger partial charge >= 0.3 is 0 Å². The number of carbonyl (C=O) groups excluding carboxylic acids is 1. The van der Waals surface area contributed by atoms with Crippen LogP contribution in [0.4, 0.5) is 0 Å². The van der Waals surface area contributed by atoms with Crippen molar-refractivity contribution in [3.63, 3.8) is 0 Å². The van der Waals surface area contributed by atoms with Gasteiger partial charge in [0.25, 0.3) is 0 Å². The maximum Gasteiger partial charge on any atom is 0.166 e. The summed E-state index contributed by atoms with van der Waals surface area (Å²) in [6, 6.07) is 8.44. The van der Waals surface area contributed by atoms with E-state index in [1.807, 2.05) is 18.2 Å². The van der Waals surface area contributed by atoms with Gasteiger partial charge in [0.1, 0.15) is 0 Å². The van der Waals surface area contributed by atoms with E-state index in [1.54, 1.807) is 6.07 Å². The summed E-state index contributed by atoms with van der Waals surface area (Å²) in [6.07, 6.45) is 4.43. The lowest BCUT2D eigenvalue weighted by Gasteiger charge is -2.28. The van der Waals surface area contributed by atoms with Gasteiger partial charge in [-0.05, 0) is 37.8 Å². The molecule has 3 heteroatoms. The number of hydrogen-bond acceptors (Lipinski definition) is 2. The van der Waals surface area contributed by atoms with E-state index in [-0.39, 0.29) is 11.7 Å². The summed E-state index contributed by atoms with van der Waals surface area (Å²) in [5.74, 6) is 0.457. The molecular formula is C14H16ClNO. The second-order valence-corrected chi connectivity index (χ2v) is 5.62. The van der Waals surface area contributed by atoms with Crippen molar-refractivity contribution in [2.75, 3.05) is 0 Å². The molecule has 0 saturated carbocycles. The molecule has 90 valence electrons.